The number of carbonyl (C=O) groups is 4. The van der Waals surface area contributed by atoms with Gasteiger partial charge in [0, 0.05) is 51.6 Å². The molecule has 0 unspecified atom stereocenters. The number of para-hydroxylation sites is 2. The zero-order valence-corrected chi connectivity index (χ0v) is 19.2. The Morgan fingerprint density at radius 3 is 1.38 bits per heavy atom. The fourth-order valence-electron chi connectivity index (χ4n) is 3.56. The van der Waals surface area contributed by atoms with E-state index in [1.54, 1.807) is 62.6 Å². The monoisotopic (exact) mass is 468 g/mol. The van der Waals surface area contributed by atoms with Crippen LogP contribution in [-0.4, -0.2) is 87.0 Å². The third-order valence-corrected chi connectivity index (χ3v) is 5.47. The molecule has 10 heteroatoms. The lowest BCUT2D eigenvalue weighted by Crippen LogP contribution is -2.52. The van der Waals surface area contributed by atoms with E-state index in [4.69, 9.17) is 9.47 Å². The maximum absolute atomic E-state index is 12.5. The van der Waals surface area contributed by atoms with Crippen molar-refractivity contribution in [2.75, 3.05) is 64.1 Å². The Morgan fingerprint density at radius 2 is 1.03 bits per heavy atom. The van der Waals surface area contributed by atoms with E-state index in [-0.39, 0.29) is 25.0 Å². The van der Waals surface area contributed by atoms with Gasteiger partial charge in [0.25, 0.3) is 11.8 Å². The first-order chi connectivity index (χ1) is 16.4. The molecule has 1 saturated heterocycles. The molecule has 0 aliphatic carbocycles. The summed E-state index contributed by atoms with van der Waals surface area (Å²) in [5, 5.41) is 5.81. The van der Waals surface area contributed by atoms with E-state index in [2.05, 4.69) is 10.6 Å². The molecule has 0 spiro atoms. The highest BCUT2D eigenvalue weighted by molar-refractivity contribution is 5.97. The van der Waals surface area contributed by atoms with E-state index in [0.717, 1.165) is 0 Å². The van der Waals surface area contributed by atoms with Crippen molar-refractivity contribution in [3.63, 3.8) is 0 Å². The standard InChI is InChI=1S/C24H28N4O6/c1-25-19-9-5-3-7-17(19)23(31)33-15-21(29)27-11-13-28(14-12-27)22(30)16-34-24(32)18-8-4-6-10-20(18)26-2/h3-10,25-26H,11-16H2,1-2H3. The molecule has 2 aromatic carbocycles. The van der Waals surface area contributed by atoms with Crippen LogP contribution in [0.4, 0.5) is 11.4 Å². The zero-order valence-electron chi connectivity index (χ0n) is 19.2. The fourth-order valence-corrected chi connectivity index (χ4v) is 3.56. The molecule has 1 aliphatic rings. The summed E-state index contributed by atoms with van der Waals surface area (Å²) in [6.45, 7) is 0.426. The van der Waals surface area contributed by atoms with Gasteiger partial charge < -0.3 is 29.9 Å². The molecule has 2 aromatic rings. The van der Waals surface area contributed by atoms with Crippen LogP contribution in [0.1, 0.15) is 20.7 Å². The van der Waals surface area contributed by atoms with Gasteiger partial charge in [0.05, 0.1) is 11.1 Å². The Labute approximate surface area is 197 Å². The van der Waals surface area contributed by atoms with Crippen molar-refractivity contribution in [1.29, 1.82) is 0 Å². The van der Waals surface area contributed by atoms with Gasteiger partial charge in [0.2, 0.25) is 0 Å². The van der Waals surface area contributed by atoms with Crippen LogP contribution in [0.25, 0.3) is 0 Å². The van der Waals surface area contributed by atoms with Gasteiger partial charge >= 0.3 is 11.9 Å². The average molecular weight is 469 g/mol. The summed E-state index contributed by atoms with van der Waals surface area (Å²) in [7, 11) is 3.39. The molecule has 0 radical (unpaired) electrons. The number of hydrogen-bond acceptors (Lipinski definition) is 8. The number of hydrogen-bond donors (Lipinski definition) is 2. The van der Waals surface area contributed by atoms with Crippen LogP contribution in [0.15, 0.2) is 48.5 Å². The highest BCUT2D eigenvalue weighted by Crippen LogP contribution is 2.16. The Bertz CT molecular complexity index is 966. The van der Waals surface area contributed by atoms with Crippen LogP contribution in [0.3, 0.4) is 0 Å². The molecule has 0 aromatic heterocycles. The topological polar surface area (TPSA) is 117 Å². The van der Waals surface area contributed by atoms with E-state index >= 15 is 0 Å². The summed E-state index contributed by atoms with van der Waals surface area (Å²) in [6.07, 6.45) is 0. The molecule has 3 rings (SSSR count). The van der Waals surface area contributed by atoms with Gasteiger partial charge in [-0.2, -0.15) is 0 Å². The Kier molecular flexibility index (Phi) is 8.44. The van der Waals surface area contributed by atoms with Crippen LogP contribution in [0.5, 0.6) is 0 Å². The SMILES string of the molecule is CNc1ccccc1C(=O)OCC(=O)N1CCN(C(=O)COC(=O)c2ccccc2NC)CC1. The van der Waals surface area contributed by atoms with Crippen LogP contribution in [0.2, 0.25) is 0 Å². The zero-order chi connectivity index (χ0) is 24.5. The molecule has 10 nitrogen and oxygen atoms in total. The van der Waals surface area contributed by atoms with E-state index in [1.807, 2.05) is 0 Å². The third kappa shape index (κ3) is 6.03. The minimum atomic E-state index is -0.589. The van der Waals surface area contributed by atoms with Crippen molar-refractivity contribution in [3.05, 3.63) is 59.7 Å². The molecule has 1 fully saturated rings. The number of ether oxygens (including phenoxy) is 2. The Hall–Kier alpha value is -4.08. The first-order valence-electron chi connectivity index (χ1n) is 10.9. The van der Waals surface area contributed by atoms with Gasteiger partial charge in [-0.1, -0.05) is 24.3 Å². The summed E-state index contributed by atoms with van der Waals surface area (Å²) >= 11 is 0. The van der Waals surface area contributed by atoms with Gasteiger partial charge in [0.15, 0.2) is 13.2 Å². The largest absolute Gasteiger partial charge is 0.452 e. The van der Waals surface area contributed by atoms with Crippen molar-refractivity contribution in [2.45, 2.75) is 0 Å². The first-order valence-corrected chi connectivity index (χ1v) is 10.9. The van der Waals surface area contributed by atoms with Crippen LogP contribution >= 0.6 is 0 Å². The number of piperazine rings is 1. The highest BCUT2D eigenvalue weighted by atomic mass is 16.5. The summed E-state index contributed by atoms with van der Waals surface area (Å²) in [4.78, 5) is 52.6. The van der Waals surface area contributed by atoms with Crippen LogP contribution in [0, 0.1) is 0 Å². The van der Waals surface area contributed by atoms with Crippen molar-refractivity contribution in [1.82, 2.24) is 9.80 Å². The molecule has 34 heavy (non-hydrogen) atoms. The molecule has 0 saturated carbocycles. The van der Waals surface area contributed by atoms with Crippen LogP contribution in [-0.2, 0) is 19.1 Å². The second-order valence-corrected chi connectivity index (χ2v) is 7.51. The summed E-state index contributed by atoms with van der Waals surface area (Å²) < 4.78 is 10.3. The number of amides is 2. The molecule has 180 valence electrons. The number of carbonyl (C=O) groups excluding carboxylic acids is 4. The average Bonchev–Trinajstić information content (AvgIpc) is 2.89. The lowest BCUT2D eigenvalue weighted by atomic mass is 10.2. The predicted molar refractivity (Wildman–Crippen MR) is 126 cm³/mol. The number of esters is 2. The van der Waals surface area contributed by atoms with Crippen molar-refractivity contribution in [2.24, 2.45) is 0 Å². The molecule has 2 amide bonds. The van der Waals surface area contributed by atoms with Crippen molar-refractivity contribution >= 4 is 35.1 Å². The lowest BCUT2D eigenvalue weighted by Gasteiger charge is -2.34. The number of anilines is 2. The minimum Gasteiger partial charge on any atom is -0.452 e. The third-order valence-electron chi connectivity index (χ3n) is 5.47. The van der Waals surface area contributed by atoms with E-state index in [1.165, 1.54) is 9.80 Å². The van der Waals surface area contributed by atoms with E-state index in [0.29, 0.717) is 48.7 Å². The second-order valence-electron chi connectivity index (χ2n) is 7.51. The summed E-state index contributed by atoms with van der Waals surface area (Å²) in [6, 6.07) is 13.7. The second kappa shape index (κ2) is 11.7. The van der Waals surface area contributed by atoms with Gasteiger partial charge in [0.1, 0.15) is 0 Å². The first kappa shape index (κ1) is 24.6. The molecule has 0 atom stereocenters. The highest BCUT2D eigenvalue weighted by Gasteiger charge is 2.26. The normalized spacial score (nSPS) is 13.1. The number of rotatable bonds is 8. The molecular formula is C24H28N4O6. The predicted octanol–water partition coefficient (Wildman–Crippen LogP) is 1.45. The Balaban J connectivity index is 1.42. The molecule has 2 N–H and O–H groups in total. The van der Waals surface area contributed by atoms with Crippen molar-refractivity contribution in [3.8, 4) is 0 Å². The summed E-state index contributed by atoms with van der Waals surface area (Å²) in [5.41, 5.74) is 1.92. The van der Waals surface area contributed by atoms with E-state index < -0.39 is 11.9 Å². The number of benzene rings is 2. The summed E-state index contributed by atoms with van der Waals surface area (Å²) in [5.74, 6) is -1.85. The molecule has 0 bridgehead atoms. The van der Waals surface area contributed by atoms with Gasteiger partial charge in [-0.05, 0) is 24.3 Å². The number of nitrogens with one attached hydrogen (secondary N) is 2. The van der Waals surface area contributed by atoms with Gasteiger partial charge in [-0.15, -0.1) is 0 Å². The molecular weight excluding hydrogens is 440 g/mol. The maximum atomic E-state index is 12.5. The quantitative estimate of drug-likeness (QED) is 0.559. The minimum absolute atomic E-state index is 0.297. The fraction of sp³-hybridized carbons (Fsp3) is 0.333. The maximum Gasteiger partial charge on any atom is 0.340 e. The van der Waals surface area contributed by atoms with Crippen molar-refractivity contribution < 1.29 is 28.7 Å². The van der Waals surface area contributed by atoms with Gasteiger partial charge in [-0.25, -0.2) is 9.59 Å². The lowest BCUT2D eigenvalue weighted by molar-refractivity contribution is -0.142. The smallest absolute Gasteiger partial charge is 0.340 e. The van der Waals surface area contributed by atoms with Crippen LogP contribution < -0.4 is 10.6 Å². The van der Waals surface area contributed by atoms with Gasteiger partial charge in [-0.3, -0.25) is 9.59 Å². The number of nitrogens with zero attached hydrogens (tertiary/aromatic N) is 2. The van der Waals surface area contributed by atoms with E-state index in [9.17, 15) is 19.2 Å². The Morgan fingerprint density at radius 1 is 0.676 bits per heavy atom. The molecule has 1 heterocycles. The molecule has 1 aliphatic heterocycles.